The lowest BCUT2D eigenvalue weighted by Crippen LogP contribution is -2.30. The molecule has 0 heterocycles. The molecular formula is C19H22N2O3S. The van der Waals surface area contributed by atoms with Crippen LogP contribution in [0.4, 0.5) is 5.69 Å². The van der Waals surface area contributed by atoms with Crippen LogP contribution < -0.4 is 20.1 Å². The van der Waals surface area contributed by atoms with Gasteiger partial charge >= 0.3 is 0 Å². The number of hydrogen-bond donors (Lipinski definition) is 2. The summed E-state index contributed by atoms with van der Waals surface area (Å²) in [5.41, 5.74) is 2.56. The highest BCUT2D eigenvalue weighted by Crippen LogP contribution is 2.27. The van der Waals surface area contributed by atoms with Crippen molar-refractivity contribution < 1.29 is 14.3 Å². The largest absolute Gasteiger partial charge is 0.493 e. The minimum atomic E-state index is 0.0241. The maximum absolute atomic E-state index is 11.4. The quantitative estimate of drug-likeness (QED) is 0.584. The zero-order chi connectivity index (χ0) is 18.2. The highest BCUT2D eigenvalue weighted by molar-refractivity contribution is 7.80. The average Bonchev–Trinajstić information content (AvgIpc) is 2.61. The van der Waals surface area contributed by atoms with Gasteiger partial charge in [0.25, 0.3) is 0 Å². The Kier molecular flexibility index (Phi) is 6.77. The van der Waals surface area contributed by atoms with E-state index in [0.717, 1.165) is 17.7 Å². The Morgan fingerprint density at radius 1 is 1.08 bits per heavy atom. The van der Waals surface area contributed by atoms with Gasteiger partial charge in [0, 0.05) is 17.8 Å². The fourth-order valence-electron chi connectivity index (χ4n) is 2.35. The van der Waals surface area contributed by atoms with E-state index >= 15 is 0 Å². The Morgan fingerprint density at radius 2 is 1.84 bits per heavy atom. The molecule has 132 valence electrons. The van der Waals surface area contributed by atoms with Crippen LogP contribution in [-0.2, 0) is 6.42 Å². The number of rotatable bonds is 7. The molecule has 2 N–H and O–H groups in total. The Labute approximate surface area is 153 Å². The predicted molar refractivity (Wildman–Crippen MR) is 104 cm³/mol. The van der Waals surface area contributed by atoms with Gasteiger partial charge < -0.3 is 20.1 Å². The highest BCUT2D eigenvalue weighted by Gasteiger charge is 2.05. The number of nitrogens with one attached hydrogen (secondary N) is 2. The van der Waals surface area contributed by atoms with Crippen LogP contribution >= 0.6 is 12.2 Å². The van der Waals surface area contributed by atoms with Crippen LogP contribution in [0.15, 0.2) is 42.5 Å². The number of hydrogen-bond acceptors (Lipinski definition) is 4. The molecule has 2 rings (SSSR count). The Balaban J connectivity index is 1.86. The topological polar surface area (TPSA) is 59.6 Å². The summed E-state index contributed by atoms with van der Waals surface area (Å²) in [4.78, 5) is 11.4. The summed E-state index contributed by atoms with van der Waals surface area (Å²) < 4.78 is 10.5. The molecule has 0 amide bonds. The van der Waals surface area contributed by atoms with Gasteiger partial charge in [0.1, 0.15) is 0 Å². The van der Waals surface area contributed by atoms with Gasteiger partial charge in [-0.3, -0.25) is 4.79 Å². The molecule has 0 radical (unpaired) electrons. The molecule has 2 aromatic carbocycles. The molecule has 0 fully saturated rings. The van der Waals surface area contributed by atoms with Crippen LogP contribution in [0.1, 0.15) is 22.8 Å². The van der Waals surface area contributed by atoms with Gasteiger partial charge in [-0.15, -0.1) is 0 Å². The van der Waals surface area contributed by atoms with Gasteiger partial charge in [0.05, 0.1) is 14.2 Å². The third kappa shape index (κ3) is 5.46. The van der Waals surface area contributed by atoms with Crippen molar-refractivity contribution in [2.75, 3.05) is 26.1 Å². The van der Waals surface area contributed by atoms with Crippen molar-refractivity contribution in [1.82, 2.24) is 5.32 Å². The number of ketones is 1. The molecule has 0 spiro atoms. The van der Waals surface area contributed by atoms with Gasteiger partial charge in [-0.05, 0) is 55.4 Å². The van der Waals surface area contributed by atoms with Crippen LogP contribution in [0.2, 0.25) is 0 Å². The maximum Gasteiger partial charge on any atom is 0.170 e. The molecule has 5 nitrogen and oxygen atoms in total. The van der Waals surface area contributed by atoms with Gasteiger partial charge in [0.2, 0.25) is 0 Å². The average molecular weight is 358 g/mol. The zero-order valence-electron chi connectivity index (χ0n) is 14.6. The Bertz CT molecular complexity index is 762. The van der Waals surface area contributed by atoms with Gasteiger partial charge in [-0.25, -0.2) is 0 Å². The smallest absolute Gasteiger partial charge is 0.170 e. The lowest BCUT2D eigenvalue weighted by molar-refractivity contribution is 0.101. The predicted octanol–water partition coefficient (Wildman–Crippen LogP) is 3.44. The fraction of sp³-hybridized carbons (Fsp3) is 0.263. The fourth-order valence-corrected chi connectivity index (χ4v) is 2.57. The van der Waals surface area contributed by atoms with Crippen LogP contribution in [0.25, 0.3) is 0 Å². The molecule has 0 aliphatic carbocycles. The number of anilines is 1. The molecule has 25 heavy (non-hydrogen) atoms. The number of thiocarbonyl (C=S) groups is 1. The lowest BCUT2D eigenvalue weighted by Gasteiger charge is -2.12. The van der Waals surface area contributed by atoms with Crippen molar-refractivity contribution in [1.29, 1.82) is 0 Å². The maximum atomic E-state index is 11.4. The first-order valence-electron chi connectivity index (χ1n) is 7.90. The van der Waals surface area contributed by atoms with E-state index in [1.54, 1.807) is 33.3 Å². The lowest BCUT2D eigenvalue weighted by atomic mass is 10.1. The zero-order valence-corrected chi connectivity index (χ0v) is 15.4. The van der Waals surface area contributed by atoms with E-state index in [1.807, 2.05) is 30.3 Å². The molecule has 0 aliphatic rings. The van der Waals surface area contributed by atoms with Crippen molar-refractivity contribution in [3.05, 3.63) is 53.6 Å². The van der Waals surface area contributed by atoms with Crippen LogP contribution in [0, 0.1) is 0 Å². The first-order chi connectivity index (χ1) is 12.0. The second kappa shape index (κ2) is 9.03. The van der Waals surface area contributed by atoms with Gasteiger partial charge in [0.15, 0.2) is 22.4 Å². The minimum Gasteiger partial charge on any atom is -0.493 e. The minimum absolute atomic E-state index is 0.0241. The first kappa shape index (κ1) is 18.7. The first-order valence-corrected chi connectivity index (χ1v) is 8.31. The third-order valence-corrected chi connectivity index (χ3v) is 3.92. The highest BCUT2D eigenvalue weighted by atomic mass is 32.1. The molecule has 0 saturated heterocycles. The van der Waals surface area contributed by atoms with E-state index in [-0.39, 0.29) is 5.78 Å². The standard InChI is InChI=1S/C19H22N2O3S/c1-13(22)15-5-4-6-16(12-15)21-19(25)20-10-9-14-7-8-17(23-2)18(11-14)24-3/h4-8,11-12H,9-10H2,1-3H3,(H2,20,21,25). The van der Waals surface area contributed by atoms with Crippen molar-refractivity contribution in [3.8, 4) is 11.5 Å². The Hall–Kier alpha value is -2.60. The summed E-state index contributed by atoms with van der Waals surface area (Å²) >= 11 is 5.30. The molecule has 0 unspecified atom stereocenters. The number of benzene rings is 2. The summed E-state index contributed by atoms with van der Waals surface area (Å²) in [6.07, 6.45) is 0.787. The third-order valence-electron chi connectivity index (χ3n) is 3.67. The van der Waals surface area contributed by atoms with E-state index in [1.165, 1.54) is 0 Å². The Morgan fingerprint density at radius 3 is 2.52 bits per heavy atom. The molecule has 0 aliphatic heterocycles. The molecule has 2 aromatic rings. The normalized spacial score (nSPS) is 10.0. The van der Waals surface area contributed by atoms with Crippen LogP contribution in [0.3, 0.4) is 0 Å². The number of carbonyl (C=O) groups is 1. The van der Waals surface area contributed by atoms with Crippen molar-refractivity contribution in [2.24, 2.45) is 0 Å². The van der Waals surface area contributed by atoms with Crippen molar-refractivity contribution in [2.45, 2.75) is 13.3 Å². The number of ether oxygens (including phenoxy) is 2. The summed E-state index contributed by atoms with van der Waals surface area (Å²) in [5.74, 6) is 1.44. The molecule has 0 saturated carbocycles. The van der Waals surface area contributed by atoms with Gasteiger partial charge in [-0.1, -0.05) is 18.2 Å². The van der Waals surface area contributed by atoms with Crippen LogP contribution in [0.5, 0.6) is 11.5 Å². The van der Waals surface area contributed by atoms with E-state index in [4.69, 9.17) is 21.7 Å². The van der Waals surface area contributed by atoms with E-state index in [9.17, 15) is 4.79 Å². The molecule has 0 atom stereocenters. The molecular weight excluding hydrogens is 336 g/mol. The van der Waals surface area contributed by atoms with E-state index in [2.05, 4.69) is 10.6 Å². The number of Topliss-reactive ketones (excluding diaryl/α,β-unsaturated/α-hetero) is 1. The SMILES string of the molecule is COc1ccc(CCNC(=S)Nc2cccc(C(C)=O)c2)cc1OC. The molecule has 0 bridgehead atoms. The summed E-state index contributed by atoms with van der Waals surface area (Å²) in [7, 11) is 3.23. The van der Waals surface area contributed by atoms with Crippen molar-refractivity contribution in [3.63, 3.8) is 0 Å². The van der Waals surface area contributed by atoms with E-state index < -0.39 is 0 Å². The second-order valence-corrected chi connectivity index (χ2v) is 5.87. The van der Waals surface area contributed by atoms with E-state index in [0.29, 0.717) is 28.7 Å². The number of methoxy groups -OCH3 is 2. The number of carbonyl (C=O) groups excluding carboxylic acids is 1. The van der Waals surface area contributed by atoms with Crippen LogP contribution in [-0.4, -0.2) is 31.7 Å². The molecule has 6 heteroatoms. The second-order valence-electron chi connectivity index (χ2n) is 5.46. The monoisotopic (exact) mass is 358 g/mol. The summed E-state index contributed by atoms with van der Waals surface area (Å²) in [5, 5.41) is 6.76. The summed E-state index contributed by atoms with van der Waals surface area (Å²) in [6.45, 7) is 2.21. The summed E-state index contributed by atoms with van der Waals surface area (Å²) in [6, 6.07) is 13.1. The molecule has 0 aromatic heterocycles. The van der Waals surface area contributed by atoms with Gasteiger partial charge in [-0.2, -0.15) is 0 Å². The van der Waals surface area contributed by atoms with Crippen molar-refractivity contribution >= 4 is 28.8 Å².